The highest BCUT2D eigenvalue weighted by Gasteiger charge is 2.17. The third-order valence-corrected chi connectivity index (χ3v) is 3.95. The van der Waals surface area contributed by atoms with Crippen LogP contribution in [0.15, 0.2) is 42.5 Å². The van der Waals surface area contributed by atoms with Gasteiger partial charge in [0.05, 0.1) is 25.8 Å². The highest BCUT2D eigenvalue weighted by Crippen LogP contribution is 2.29. The molecular weight excluding hydrogens is 358 g/mol. The predicted molar refractivity (Wildman–Crippen MR) is 97.8 cm³/mol. The van der Waals surface area contributed by atoms with Crippen molar-refractivity contribution in [1.29, 1.82) is 0 Å². The van der Waals surface area contributed by atoms with Crippen LogP contribution in [-0.4, -0.2) is 32.7 Å². The number of benzene rings is 2. The molecule has 1 N–H and O–H groups in total. The number of carbonyl (C=O) groups excluding carboxylic acids is 2. The van der Waals surface area contributed by atoms with E-state index in [9.17, 15) is 9.59 Å². The average molecular weight is 378 g/mol. The maximum Gasteiger partial charge on any atom is 0.338 e. The fourth-order valence-corrected chi connectivity index (χ4v) is 2.47. The molecule has 0 bridgehead atoms. The zero-order valence-corrected chi connectivity index (χ0v) is 15.5. The highest BCUT2D eigenvalue weighted by atomic mass is 35.5. The Morgan fingerprint density at radius 2 is 1.77 bits per heavy atom. The molecule has 0 aromatic heterocycles. The molecule has 0 unspecified atom stereocenters. The molecule has 0 spiro atoms. The SMILES string of the molecule is COc1ccc(OC)c([C@@H](C)NC(=O)COC(=O)c2ccc(Cl)cc2)c1. The number of carbonyl (C=O) groups is 2. The maximum atomic E-state index is 12.1. The minimum atomic E-state index is -0.594. The molecule has 0 aliphatic carbocycles. The number of esters is 1. The summed E-state index contributed by atoms with van der Waals surface area (Å²) in [5.74, 6) is 0.251. The Morgan fingerprint density at radius 3 is 2.38 bits per heavy atom. The van der Waals surface area contributed by atoms with Crippen LogP contribution in [0, 0.1) is 0 Å². The van der Waals surface area contributed by atoms with Crippen molar-refractivity contribution in [2.24, 2.45) is 0 Å². The number of nitrogens with one attached hydrogen (secondary N) is 1. The third-order valence-electron chi connectivity index (χ3n) is 3.70. The molecule has 0 radical (unpaired) electrons. The number of ether oxygens (including phenoxy) is 3. The fourth-order valence-electron chi connectivity index (χ4n) is 2.34. The lowest BCUT2D eigenvalue weighted by molar-refractivity contribution is -0.124. The summed E-state index contributed by atoms with van der Waals surface area (Å²) < 4.78 is 15.5. The largest absolute Gasteiger partial charge is 0.497 e. The maximum absolute atomic E-state index is 12.1. The fraction of sp³-hybridized carbons (Fsp3) is 0.263. The molecule has 6 nitrogen and oxygen atoms in total. The topological polar surface area (TPSA) is 73.9 Å². The summed E-state index contributed by atoms with van der Waals surface area (Å²) in [5, 5.41) is 3.28. The summed E-state index contributed by atoms with van der Waals surface area (Å²) in [6, 6.07) is 11.2. The van der Waals surface area contributed by atoms with Gasteiger partial charge < -0.3 is 19.5 Å². The van der Waals surface area contributed by atoms with Crippen LogP contribution in [0.5, 0.6) is 11.5 Å². The molecule has 26 heavy (non-hydrogen) atoms. The molecule has 0 saturated carbocycles. The third kappa shape index (κ3) is 5.13. The standard InChI is InChI=1S/C19H20ClNO5/c1-12(16-10-15(24-2)8-9-17(16)25-3)21-18(22)11-26-19(23)13-4-6-14(20)7-5-13/h4-10,12H,11H2,1-3H3,(H,21,22)/t12-/m1/s1. The van der Waals surface area contributed by atoms with Crippen molar-refractivity contribution in [2.75, 3.05) is 20.8 Å². The van der Waals surface area contributed by atoms with E-state index < -0.39 is 18.5 Å². The van der Waals surface area contributed by atoms with Gasteiger partial charge >= 0.3 is 5.97 Å². The molecule has 2 rings (SSSR count). The monoisotopic (exact) mass is 377 g/mol. The van der Waals surface area contributed by atoms with Gasteiger partial charge in [0.25, 0.3) is 5.91 Å². The van der Waals surface area contributed by atoms with Crippen molar-refractivity contribution in [1.82, 2.24) is 5.32 Å². The van der Waals surface area contributed by atoms with Gasteiger partial charge in [0.1, 0.15) is 11.5 Å². The van der Waals surface area contributed by atoms with E-state index in [-0.39, 0.29) is 6.04 Å². The van der Waals surface area contributed by atoms with Gasteiger partial charge in [-0.25, -0.2) is 4.79 Å². The Morgan fingerprint density at radius 1 is 1.08 bits per heavy atom. The summed E-state index contributed by atoms with van der Waals surface area (Å²) in [5.41, 5.74) is 1.08. The number of methoxy groups -OCH3 is 2. The Labute approximate surface area is 157 Å². The van der Waals surface area contributed by atoms with Crippen molar-refractivity contribution in [2.45, 2.75) is 13.0 Å². The van der Waals surface area contributed by atoms with E-state index >= 15 is 0 Å². The van der Waals surface area contributed by atoms with Gasteiger partial charge in [-0.1, -0.05) is 11.6 Å². The Hall–Kier alpha value is -2.73. The lowest BCUT2D eigenvalue weighted by atomic mass is 10.1. The lowest BCUT2D eigenvalue weighted by Gasteiger charge is -2.18. The van der Waals surface area contributed by atoms with E-state index in [1.807, 2.05) is 0 Å². The number of hydrogen-bond donors (Lipinski definition) is 1. The van der Waals surface area contributed by atoms with Crippen LogP contribution < -0.4 is 14.8 Å². The number of amides is 1. The number of halogens is 1. The van der Waals surface area contributed by atoms with E-state index in [1.165, 1.54) is 12.1 Å². The van der Waals surface area contributed by atoms with E-state index in [0.717, 1.165) is 5.56 Å². The molecule has 7 heteroatoms. The molecule has 2 aromatic carbocycles. The lowest BCUT2D eigenvalue weighted by Crippen LogP contribution is -2.31. The average Bonchev–Trinajstić information content (AvgIpc) is 2.66. The second kappa shape index (κ2) is 9.10. The van der Waals surface area contributed by atoms with Crippen molar-refractivity contribution in [3.05, 3.63) is 58.6 Å². The van der Waals surface area contributed by atoms with E-state index in [2.05, 4.69) is 5.32 Å². The van der Waals surface area contributed by atoms with Gasteiger partial charge in [-0.15, -0.1) is 0 Å². The number of hydrogen-bond acceptors (Lipinski definition) is 5. The number of rotatable bonds is 7. The Balaban J connectivity index is 1.95. The van der Waals surface area contributed by atoms with Crippen molar-refractivity contribution in [3.8, 4) is 11.5 Å². The quantitative estimate of drug-likeness (QED) is 0.748. The van der Waals surface area contributed by atoms with E-state index in [1.54, 1.807) is 51.5 Å². The van der Waals surface area contributed by atoms with Crippen molar-refractivity contribution in [3.63, 3.8) is 0 Å². The normalized spacial score (nSPS) is 11.4. The summed E-state index contributed by atoms with van der Waals surface area (Å²) >= 11 is 5.77. The second-order valence-electron chi connectivity index (χ2n) is 5.48. The molecular formula is C19H20ClNO5. The van der Waals surface area contributed by atoms with Gasteiger partial charge in [-0.3, -0.25) is 4.79 Å². The van der Waals surface area contributed by atoms with Crippen molar-refractivity contribution < 1.29 is 23.8 Å². The first-order valence-electron chi connectivity index (χ1n) is 7.88. The Kier molecular flexibility index (Phi) is 6.86. The second-order valence-corrected chi connectivity index (χ2v) is 5.92. The molecule has 1 atom stereocenters. The van der Waals surface area contributed by atoms with Crippen LogP contribution in [0.2, 0.25) is 5.02 Å². The van der Waals surface area contributed by atoms with Gasteiger partial charge in [0.2, 0.25) is 0 Å². The van der Waals surface area contributed by atoms with E-state index in [0.29, 0.717) is 22.1 Å². The smallest absolute Gasteiger partial charge is 0.338 e. The van der Waals surface area contributed by atoms with E-state index in [4.69, 9.17) is 25.8 Å². The molecule has 0 saturated heterocycles. The van der Waals surface area contributed by atoms with Gasteiger partial charge in [0, 0.05) is 10.6 Å². The van der Waals surface area contributed by atoms with Crippen molar-refractivity contribution >= 4 is 23.5 Å². The van der Waals surface area contributed by atoms with Crippen LogP contribution in [0.25, 0.3) is 0 Å². The minimum absolute atomic E-state index is 0.324. The molecule has 0 fully saturated rings. The molecule has 138 valence electrons. The summed E-state index contributed by atoms with van der Waals surface area (Å²) in [7, 11) is 3.11. The summed E-state index contributed by atoms with van der Waals surface area (Å²) in [6.07, 6.45) is 0. The van der Waals surface area contributed by atoms with Crippen LogP contribution in [0.1, 0.15) is 28.9 Å². The first kappa shape index (κ1) is 19.6. The molecule has 2 aromatic rings. The summed E-state index contributed by atoms with van der Waals surface area (Å²) in [6.45, 7) is 1.41. The van der Waals surface area contributed by atoms with Crippen LogP contribution >= 0.6 is 11.6 Å². The zero-order valence-electron chi connectivity index (χ0n) is 14.7. The first-order valence-corrected chi connectivity index (χ1v) is 8.26. The Bertz CT molecular complexity index is 776. The predicted octanol–water partition coefficient (Wildman–Crippen LogP) is 3.39. The first-order chi connectivity index (χ1) is 12.4. The molecule has 1 amide bonds. The van der Waals surface area contributed by atoms with Gasteiger partial charge in [0.15, 0.2) is 6.61 Å². The van der Waals surface area contributed by atoms with Crippen LogP contribution in [0.3, 0.4) is 0 Å². The van der Waals surface area contributed by atoms with Gasteiger partial charge in [-0.05, 0) is 49.4 Å². The molecule has 0 aliphatic heterocycles. The summed E-state index contributed by atoms with van der Waals surface area (Å²) in [4.78, 5) is 24.0. The minimum Gasteiger partial charge on any atom is -0.497 e. The molecule has 0 heterocycles. The molecule has 0 aliphatic rings. The van der Waals surface area contributed by atoms with Crippen LogP contribution in [-0.2, 0) is 9.53 Å². The highest BCUT2D eigenvalue weighted by molar-refractivity contribution is 6.30. The zero-order chi connectivity index (χ0) is 19.1. The van der Waals surface area contributed by atoms with Gasteiger partial charge in [-0.2, -0.15) is 0 Å². The van der Waals surface area contributed by atoms with Crippen LogP contribution in [0.4, 0.5) is 0 Å².